The Labute approximate surface area is 157 Å². The van der Waals surface area contributed by atoms with E-state index in [4.69, 9.17) is 4.52 Å². The van der Waals surface area contributed by atoms with E-state index < -0.39 is 0 Å². The van der Waals surface area contributed by atoms with Crippen LogP contribution < -0.4 is 5.56 Å². The van der Waals surface area contributed by atoms with Crippen molar-refractivity contribution in [2.24, 2.45) is 7.05 Å². The number of hydrogen-bond donors (Lipinski definition) is 0. The summed E-state index contributed by atoms with van der Waals surface area (Å²) >= 11 is 2.99. The molecule has 0 N–H and O–H groups in total. The van der Waals surface area contributed by atoms with E-state index in [2.05, 4.69) is 20.1 Å². The van der Waals surface area contributed by atoms with Gasteiger partial charge >= 0.3 is 0 Å². The van der Waals surface area contributed by atoms with Gasteiger partial charge in [-0.25, -0.2) is 4.98 Å². The summed E-state index contributed by atoms with van der Waals surface area (Å²) in [6.07, 6.45) is 4.92. The maximum absolute atomic E-state index is 12.3. The number of aromatic nitrogens is 5. The molecular weight excluding hydrogens is 370 g/mol. The summed E-state index contributed by atoms with van der Waals surface area (Å²) in [5.74, 6) is 1.98. The van der Waals surface area contributed by atoms with E-state index in [0.717, 1.165) is 28.4 Å². The molecule has 9 heteroatoms. The van der Waals surface area contributed by atoms with Gasteiger partial charge in [-0.15, -0.1) is 11.3 Å². The first-order valence-electron chi connectivity index (χ1n) is 8.02. The van der Waals surface area contributed by atoms with Crippen LogP contribution in [-0.2, 0) is 13.5 Å². The molecule has 0 amide bonds. The molecule has 0 bridgehead atoms. The Kier molecular flexibility index (Phi) is 4.81. The number of hydrogen-bond acceptors (Lipinski definition) is 8. The summed E-state index contributed by atoms with van der Waals surface area (Å²) in [6.45, 7) is 0. The SMILES string of the molecule is Cn1c(SCCCc2nc(-c3ccncc3)no2)nc2ccsc2c1=O. The predicted molar refractivity (Wildman–Crippen MR) is 101 cm³/mol. The van der Waals surface area contributed by atoms with E-state index in [0.29, 0.717) is 22.8 Å². The molecule has 4 rings (SSSR count). The van der Waals surface area contributed by atoms with Gasteiger partial charge in [-0.05, 0) is 30.0 Å². The Morgan fingerprint density at radius 1 is 1.23 bits per heavy atom. The highest BCUT2D eigenvalue weighted by Crippen LogP contribution is 2.21. The van der Waals surface area contributed by atoms with Crippen LogP contribution in [0.3, 0.4) is 0 Å². The topological polar surface area (TPSA) is 86.7 Å². The Hall–Kier alpha value is -2.52. The Morgan fingerprint density at radius 2 is 2.08 bits per heavy atom. The fraction of sp³-hybridized carbons (Fsp3) is 0.235. The van der Waals surface area contributed by atoms with Crippen molar-refractivity contribution in [3.8, 4) is 11.4 Å². The molecule has 132 valence electrons. The second-order valence-electron chi connectivity index (χ2n) is 5.59. The van der Waals surface area contributed by atoms with Gasteiger partial charge in [0.1, 0.15) is 4.70 Å². The van der Waals surface area contributed by atoms with Crippen LogP contribution in [0, 0.1) is 0 Å². The second kappa shape index (κ2) is 7.38. The van der Waals surface area contributed by atoms with Crippen LogP contribution >= 0.6 is 23.1 Å². The quantitative estimate of drug-likeness (QED) is 0.286. The molecule has 0 saturated carbocycles. The van der Waals surface area contributed by atoms with Gasteiger partial charge in [0.05, 0.1) is 5.52 Å². The van der Waals surface area contributed by atoms with Gasteiger partial charge in [0.2, 0.25) is 11.7 Å². The van der Waals surface area contributed by atoms with Crippen LogP contribution in [0.2, 0.25) is 0 Å². The average Bonchev–Trinajstić information content (AvgIpc) is 3.33. The molecule has 4 aromatic rings. The number of thioether (sulfide) groups is 1. The van der Waals surface area contributed by atoms with Crippen molar-refractivity contribution in [2.45, 2.75) is 18.0 Å². The largest absolute Gasteiger partial charge is 0.339 e. The first kappa shape index (κ1) is 16.9. The van der Waals surface area contributed by atoms with Crippen molar-refractivity contribution in [3.63, 3.8) is 0 Å². The van der Waals surface area contributed by atoms with Gasteiger partial charge in [-0.1, -0.05) is 16.9 Å². The molecule has 0 aromatic carbocycles. The molecule has 0 radical (unpaired) electrons. The minimum atomic E-state index is 0.00592. The fourth-order valence-electron chi connectivity index (χ4n) is 2.46. The standard InChI is InChI=1S/C17H15N5O2S2/c1-22-16(23)14-12(6-10-25-14)19-17(22)26-9-2-3-13-20-15(21-24-13)11-4-7-18-8-5-11/h4-8,10H,2-3,9H2,1H3. The Morgan fingerprint density at radius 3 is 2.92 bits per heavy atom. The number of nitrogens with zero attached hydrogens (tertiary/aromatic N) is 5. The third-order valence-corrected chi connectivity index (χ3v) is 5.83. The van der Waals surface area contributed by atoms with Crippen LogP contribution in [0.1, 0.15) is 12.3 Å². The average molecular weight is 385 g/mol. The van der Waals surface area contributed by atoms with Crippen molar-refractivity contribution in [3.05, 3.63) is 52.2 Å². The fourth-order valence-corrected chi connectivity index (χ4v) is 4.17. The minimum Gasteiger partial charge on any atom is -0.339 e. The predicted octanol–water partition coefficient (Wildman–Crippen LogP) is 3.16. The smallest absolute Gasteiger partial charge is 0.271 e. The van der Waals surface area contributed by atoms with Crippen LogP contribution in [-0.4, -0.2) is 30.4 Å². The molecule has 0 aliphatic rings. The van der Waals surface area contributed by atoms with Crippen LogP contribution in [0.15, 0.2) is 50.4 Å². The van der Waals surface area contributed by atoms with Crippen molar-refractivity contribution >= 4 is 33.3 Å². The number of thiophene rings is 1. The highest BCUT2D eigenvalue weighted by molar-refractivity contribution is 7.99. The van der Waals surface area contributed by atoms with E-state index in [-0.39, 0.29) is 5.56 Å². The lowest BCUT2D eigenvalue weighted by Gasteiger charge is -2.06. The molecule has 0 atom stereocenters. The lowest BCUT2D eigenvalue weighted by molar-refractivity contribution is 0.378. The lowest BCUT2D eigenvalue weighted by atomic mass is 10.2. The van der Waals surface area contributed by atoms with E-state index in [1.807, 2.05) is 23.6 Å². The first-order valence-corrected chi connectivity index (χ1v) is 9.89. The van der Waals surface area contributed by atoms with E-state index in [1.165, 1.54) is 11.3 Å². The number of rotatable bonds is 6. The molecule has 0 saturated heterocycles. The highest BCUT2D eigenvalue weighted by atomic mass is 32.2. The normalized spacial score (nSPS) is 11.3. The highest BCUT2D eigenvalue weighted by Gasteiger charge is 2.11. The second-order valence-corrected chi connectivity index (χ2v) is 7.57. The summed E-state index contributed by atoms with van der Waals surface area (Å²) < 4.78 is 7.61. The van der Waals surface area contributed by atoms with Gasteiger partial charge in [-0.3, -0.25) is 14.3 Å². The molecule has 7 nitrogen and oxygen atoms in total. The molecule has 0 spiro atoms. The maximum atomic E-state index is 12.3. The van der Waals surface area contributed by atoms with Crippen LogP contribution in [0.4, 0.5) is 0 Å². The van der Waals surface area contributed by atoms with Gasteiger partial charge in [0, 0.05) is 37.2 Å². The summed E-state index contributed by atoms with van der Waals surface area (Å²) in [5.41, 5.74) is 1.65. The monoisotopic (exact) mass is 385 g/mol. The van der Waals surface area contributed by atoms with E-state index in [1.54, 1.807) is 35.8 Å². The van der Waals surface area contributed by atoms with E-state index in [9.17, 15) is 4.79 Å². The first-order chi connectivity index (χ1) is 12.7. The van der Waals surface area contributed by atoms with Crippen molar-refractivity contribution in [2.75, 3.05) is 5.75 Å². The molecule has 0 fully saturated rings. The van der Waals surface area contributed by atoms with Crippen molar-refractivity contribution < 1.29 is 4.52 Å². The molecule has 4 heterocycles. The Bertz CT molecular complexity index is 1090. The zero-order valence-corrected chi connectivity index (χ0v) is 15.6. The molecular formula is C17H15N5O2S2. The van der Waals surface area contributed by atoms with Gasteiger partial charge in [-0.2, -0.15) is 4.98 Å². The van der Waals surface area contributed by atoms with E-state index >= 15 is 0 Å². The molecule has 26 heavy (non-hydrogen) atoms. The zero-order valence-electron chi connectivity index (χ0n) is 14.0. The summed E-state index contributed by atoms with van der Waals surface area (Å²) in [5, 5.41) is 6.62. The third kappa shape index (κ3) is 3.40. The maximum Gasteiger partial charge on any atom is 0.271 e. The lowest BCUT2D eigenvalue weighted by Crippen LogP contribution is -2.18. The van der Waals surface area contributed by atoms with Gasteiger partial charge in [0.25, 0.3) is 5.56 Å². The third-order valence-electron chi connectivity index (χ3n) is 3.82. The van der Waals surface area contributed by atoms with Crippen LogP contribution in [0.25, 0.3) is 21.6 Å². The molecule has 0 aliphatic heterocycles. The molecule has 0 unspecified atom stereocenters. The summed E-state index contributed by atoms with van der Waals surface area (Å²) in [4.78, 5) is 25.2. The summed E-state index contributed by atoms with van der Waals surface area (Å²) in [6, 6.07) is 5.57. The molecule has 4 aromatic heterocycles. The number of fused-ring (bicyclic) bond motifs is 1. The number of pyridine rings is 1. The minimum absolute atomic E-state index is 0.00592. The number of aryl methyl sites for hydroxylation is 1. The van der Waals surface area contributed by atoms with Gasteiger partial charge < -0.3 is 4.52 Å². The molecule has 0 aliphatic carbocycles. The zero-order chi connectivity index (χ0) is 17.9. The van der Waals surface area contributed by atoms with Crippen molar-refractivity contribution in [1.29, 1.82) is 0 Å². The van der Waals surface area contributed by atoms with Crippen LogP contribution in [0.5, 0.6) is 0 Å². The Balaban J connectivity index is 1.37. The summed E-state index contributed by atoms with van der Waals surface area (Å²) in [7, 11) is 1.76. The van der Waals surface area contributed by atoms with Crippen molar-refractivity contribution in [1.82, 2.24) is 24.7 Å². The van der Waals surface area contributed by atoms with Gasteiger partial charge in [0.15, 0.2) is 5.16 Å².